The Morgan fingerprint density at radius 3 is 1.71 bits per heavy atom. The van der Waals surface area contributed by atoms with Gasteiger partial charge in [-0.1, -0.05) is 196 Å². The molecule has 7 rings (SSSR count). The molecule has 0 bridgehead atoms. The van der Waals surface area contributed by atoms with Gasteiger partial charge in [0.25, 0.3) is 0 Å². The van der Waals surface area contributed by atoms with Crippen LogP contribution in [-0.2, 0) is 5.41 Å². The molecule has 0 aliphatic carbocycles. The first-order valence-electron chi connectivity index (χ1n) is 17.5. The van der Waals surface area contributed by atoms with Crippen molar-refractivity contribution in [3.63, 3.8) is 0 Å². The molecule has 3 nitrogen and oxygen atoms in total. The fourth-order valence-electron chi connectivity index (χ4n) is 6.77. The molecule has 0 unspecified atom stereocenters. The quantitative estimate of drug-likeness (QED) is 0.127. The highest BCUT2D eigenvalue weighted by atomic mass is 32.2. The summed E-state index contributed by atoms with van der Waals surface area (Å²) >= 11 is 1.81. The Morgan fingerprint density at radius 2 is 1.12 bits per heavy atom. The fourth-order valence-corrected chi connectivity index (χ4v) is 7.96. The highest BCUT2D eigenvalue weighted by Crippen LogP contribution is 2.56. The Balaban J connectivity index is 1.29. The van der Waals surface area contributed by atoms with Crippen molar-refractivity contribution in [2.45, 2.75) is 28.6 Å². The number of aromatic nitrogens is 3. The highest BCUT2D eigenvalue weighted by molar-refractivity contribution is 7.99. The van der Waals surface area contributed by atoms with E-state index >= 15 is 0 Å². The van der Waals surface area contributed by atoms with Gasteiger partial charge in [-0.15, -0.1) is 0 Å². The highest BCUT2D eigenvalue weighted by Gasteiger charge is 2.44. The van der Waals surface area contributed by atoms with Crippen LogP contribution in [0.25, 0.3) is 40.0 Å². The topological polar surface area (TPSA) is 38.7 Å². The lowest BCUT2D eigenvalue weighted by molar-refractivity contribution is 0.698. The molecule has 0 fully saturated rings. The fraction of sp³-hybridized carbons (Fsp3) is 0.0625. The summed E-state index contributed by atoms with van der Waals surface area (Å²) in [4.78, 5) is 17.2. The number of rotatable bonds is 11. The average Bonchev–Trinajstić information content (AvgIpc) is 3.21. The maximum absolute atomic E-state index is 4.92. The first kappa shape index (κ1) is 34.4. The summed E-state index contributed by atoms with van der Waals surface area (Å²) in [6.45, 7) is 10.8. The van der Waals surface area contributed by atoms with E-state index in [1.807, 2.05) is 66.4 Å². The molecule has 0 radical (unpaired) electrons. The lowest BCUT2D eigenvalue weighted by Gasteiger charge is -2.42. The van der Waals surface area contributed by atoms with Gasteiger partial charge in [0.05, 0.1) is 5.41 Å². The molecule has 0 atom stereocenters. The van der Waals surface area contributed by atoms with Crippen LogP contribution in [0.1, 0.15) is 30.3 Å². The zero-order valence-corrected chi connectivity index (χ0v) is 30.0. The molecule has 2 heterocycles. The smallest absolute Gasteiger partial charge is 0.164 e. The second kappa shape index (κ2) is 15.8. The monoisotopic (exact) mass is 689 g/mol. The average molecular weight is 690 g/mol. The van der Waals surface area contributed by atoms with E-state index in [1.54, 1.807) is 6.08 Å². The lowest BCUT2D eigenvalue weighted by atomic mass is 9.63. The molecule has 1 aromatic heterocycles. The van der Waals surface area contributed by atoms with Crippen molar-refractivity contribution >= 4 is 17.8 Å². The minimum atomic E-state index is -0.592. The predicted molar refractivity (Wildman–Crippen MR) is 219 cm³/mol. The first-order valence-corrected chi connectivity index (χ1v) is 18.3. The second-order valence-corrected chi connectivity index (χ2v) is 13.5. The number of allylic oxidation sites excluding steroid dienone is 9. The van der Waals surface area contributed by atoms with Crippen LogP contribution in [0, 0.1) is 0 Å². The normalized spacial score (nSPS) is 13.7. The molecule has 6 aromatic rings. The third-order valence-electron chi connectivity index (χ3n) is 9.14. The van der Waals surface area contributed by atoms with Crippen molar-refractivity contribution < 1.29 is 0 Å². The molecule has 52 heavy (non-hydrogen) atoms. The van der Waals surface area contributed by atoms with Crippen molar-refractivity contribution in [3.05, 3.63) is 217 Å². The van der Waals surface area contributed by atoms with Gasteiger partial charge in [0.2, 0.25) is 0 Å². The van der Waals surface area contributed by atoms with Crippen LogP contribution in [0.2, 0.25) is 0 Å². The molecule has 1 aliphatic heterocycles. The molecular weight excluding hydrogens is 651 g/mol. The number of fused-ring (bicyclic) bond motifs is 2. The Labute approximate surface area is 311 Å². The van der Waals surface area contributed by atoms with E-state index in [1.165, 1.54) is 26.5 Å². The Morgan fingerprint density at radius 1 is 0.596 bits per heavy atom. The number of benzene rings is 5. The Hall–Kier alpha value is -6.10. The van der Waals surface area contributed by atoms with E-state index in [-0.39, 0.29) is 0 Å². The van der Waals surface area contributed by atoms with Crippen molar-refractivity contribution in [2.75, 3.05) is 0 Å². The molecular formula is C48H39N3S. The maximum Gasteiger partial charge on any atom is 0.164 e. The van der Waals surface area contributed by atoms with Crippen molar-refractivity contribution in [3.8, 4) is 33.9 Å². The zero-order valence-electron chi connectivity index (χ0n) is 29.2. The van der Waals surface area contributed by atoms with E-state index < -0.39 is 5.41 Å². The SMILES string of the molecule is C=C/C=C\C(=C)C1(C(/C=C\C=C\c2nc(-c3ccccc3)nc(-c3ccc(-c4ccccc4)cc3)n2)=C\CC)c2ccccc2Sc2ccccc21. The minimum absolute atomic E-state index is 0.583. The van der Waals surface area contributed by atoms with Crippen LogP contribution >= 0.6 is 11.8 Å². The summed E-state index contributed by atoms with van der Waals surface area (Å²) < 4.78 is 0. The third kappa shape index (κ3) is 6.94. The number of hydrogen-bond acceptors (Lipinski definition) is 4. The van der Waals surface area contributed by atoms with E-state index in [2.05, 4.69) is 135 Å². The van der Waals surface area contributed by atoms with Crippen LogP contribution in [-0.4, -0.2) is 15.0 Å². The van der Waals surface area contributed by atoms with Gasteiger partial charge in [0, 0.05) is 20.9 Å². The largest absolute Gasteiger partial charge is 0.209 e. The van der Waals surface area contributed by atoms with Gasteiger partial charge in [-0.3, -0.25) is 0 Å². The third-order valence-corrected chi connectivity index (χ3v) is 10.3. The predicted octanol–water partition coefficient (Wildman–Crippen LogP) is 12.5. The van der Waals surface area contributed by atoms with Crippen molar-refractivity contribution in [2.24, 2.45) is 0 Å². The summed E-state index contributed by atoms with van der Waals surface area (Å²) in [5.41, 5.74) is 8.16. The van der Waals surface area contributed by atoms with Gasteiger partial charge in [-0.2, -0.15) is 0 Å². The first-order chi connectivity index (χ1) is 25.6. The van der Waals surface area contributed by atoms with Crippen LogP contribution in [0.15, 0.2) is 210 Å². The van der Waals surface area contributed by atoms with Gasteiger partial charge < -0.3 is 0 Å². The molecule has 0 N–H and O–H groups in total. The number of hydrogen-bond donors (Lipinski definition) is 0. The van der Waals surface area contributed by atoms with Crippen molar-refractivity contribution in [1.82, 2.24) is 15.0 Å². The van der Waals surface area contributed by atoms with Gasteiger partial charge in [-0.05, 0) is 58.0 Å². The zero-order chi connectivity index (χ0) is 35.8. The molecule has 5 aromatic carbocycles. The van der Waals surface area contributed by atoms with E-state index in [9.17, 15) is 0 Å². The van der Waals surface area contributed by atoms with Gasteiger partial charge in [0.15, 0.2) is 17.5 Å². The Kier molecular flexibility index (Phi) is 10.5. The van der Waals surface area contributed by atoms with Crippen LogP contribution in [0.5, 0.6) is 0 Å². The summed E-state index contributed by atoms with van der Waals surface area (Å²) in [5.74, 6) is 1.84. The van der Waals surface area contributed by atoms with E-state index in [0.717, 1.165) is 34.3 Å². The van der Waals surface area contributed by atoms with Gasteiger partial charge in [-0.25, -0.2) is 15.0 Å². The molecule has 0 saturated heterocycles. The second-order valence-electron chi connectivity index (χ2n) is 12.4. The van der Waals surface area contributed by atoms with Gasteiger partial charge >= 0.3 is 0 Å². The maximum atomic E-state index is 4.92. The standard InChI is InChI=1S/C48H39N3S/c1-4-6-20-35(3)48(41-26-14-16-28-43(41)52-44-29-17-15-27-42(44)48)40(19-5-2)25-13-18-30-45-49-46(38-23-11-8-12-24-38)51-47(50-45)39-33-31-37(32-34-39)36-21-9-7-10-22-36/h4,6-34H,1,3,5H2,2H3/b20-6-,25-13-,30-18+,40-19-. The summed E-state index contributed by atoms with van der Waals surface area (Å²) in [6, 6.07) is 46.2. The minimum Gasteiger partial charge on any atom is -0.209 e. The molecule has 4 heteroatoms. The van der Waals surface area contributed by atoms with Crippen LogP contribution in [0.4, 0.5) is 0 Å². The van der Waals surface area contributed by atoms with E-state index in [4.69, 9.17) is 21.5 Å². The van der Waals surface area contributed by atoms with Crippen LogP contribution < -0.4 is 0 Å². The molecule has 252 valence electrons. The number of nitrogens with zero attached hydrogens (tertiary/aromatic N) is 3. The Bertz CT molecular complexity index is 2290. The molecule has 0 saturated carbocycles. The molecule has 0 amide bonds. The molecule has 1 aliphatic rings. The lowest BCUT2D eigenvalue weighted by Crippen LogP contribution is -2.34. The summed E-state index contributed by atoms with van der Waals surface area (Å²) in [5, 5.41) is 0. The summed E-state index contributed by atoms with van der Waals surface area (Å²) in [6.07, 6.45) is 17.3. The molecule has 0 spiro atoms. The van der Waals surface area contributed by atoms with Crippen molar-refractivity contribution in [1.29, 1.82) is 0 Å². The van der Waals surface area contributed by atoms with Gasteiger partial charge in [0.1, 0.15) is 0 Å². The van der Waals surface area contributed by atoms with E-state index in [0.29, 0.717) is 17.5 Å². The summed E-state index contributed by atoms with van der Waals surface area (Å²) in [7, 11) is 0. The van der Waals surface area contributed by atoms with Crippen LogP contribution in [0.3, 0.4) is 0 Å².